The molecule has 62 heavy (non-hydrogen) atoms. The number of hydrogen-bond acceptors (Lipinski definition) is 1. The molecule has 0 saturated carbocycles. The Bertz CT molecular complexity index is 3880. The van der Waals surface area contributed by atoms with Gasteiger partial charge in [0.1, 0.15) is 0 Å². The van der Waals surface area contributed by atoms with E-state index in [0.29, 0.717) is 16.8 Å². The van der Waals surface area contributed by atoms with E-state index < -0.39 is 17.5 Å². The molecule has 1 nitrogen and oxygen atoms in total. The molecular weight excluding hydrogens is 747 g/mol. The van der Waals surface area contributed by atoms with Gasteiger partial charge >= 0.3 is 0 Å². The lowest BCUT2D eigenvalue weighted by atomic mass is 9.67. The number of fused-ring (bicyclic) bond motifs is 7. The summed E-state index contributed by atoms with van der Waals surface area (Å²) in [6, 6.07) is 62.9. The van der Waals surface area contributed by atoms with Crippen LogP contribution in [0, 0.1) is 0 Å². The molecule has 0 heterocycles. The van der Waals surface area contributed by atoms with Crippen molar-refractivity contribution >= 4 is 49.4 Å². The largest absolute Gasteiger partial charge is 0.310 e. The molecule has 0 atom stereocenters. The van der Waals surface area contributed by atoms with Gasteiger partial charge < -0.3 is 4.90 Å². The summed E-state index contributed by atoms with van der Waals surface area (Å²) in [6.45, 7) is 0. The second kappa shape index (κ2) is 14.6. The molecule has 0 aromatic heterocycles. The highest BCUT2D eigenvalue weighted by Gasteiger charge is 2.46. The van der Waals surface area contributed by atoms with Gasteiger partial charge in [-0.25, -0.2) is 0 Å². The first kappa shape index (κ1) is 28.5. The first-order chi connectivity index (χ1) is 34.1. The second-order valence-corrected chi connectivity index (χ2v) is 15.8. The Labute approximate surface area is 373 Å². The van der Waals surface area contributed by atoms with Crippen LogP contribution >= 0.6 is 0 Å². The minimum absolute atomic E-state index is 0.110. The third-order valence-corrected chi connectivity index (χ3v) is 12.4. The van der Waals surface area contributed by atoms with Crippen molar-refractivity contribution in [3.8, 4) is 33.4 Å². The molecule has 1 aliphatic rings. The van der Waals surface area contributed by atoms with Crippen LogP contribution in [-0.2, 0) is 5.41 Å². The van der Waals surface area contributed by atoms with Crippen molar-refractivity contribution in [2.24, 2.45) is 0 Å². The van der Waals surface area contributed by atoms with Crippen LogP contribution in [0.1, 0.15) is 33.2 Å². The maximum atomic E-state index is 10.1. The summed E-state index contributed by atoms with van der Waals surface area (Å²) in [5.74, 6) is 0. The molecular formula is C61H41N. The predicted molar refractivity (Wildman–Crippen MR) is 262 cm³/mol. The van der Waals surface area contributed by atoms with Crippen LogP contribution in [0.3, 0.4) is 0 Å². The molecule has 0 aliphatic heterocycles. The van der Waals surface area contributed by atoms with Gasteiger partial charge in [-0.3, -0.25) is 0 Å². The molecule has 1 heteroatoms. The van der Waals surface area contributed by atoms with Gasteiger partial charge in [-0.2, -0.15) is 0 Å². The van der Waals surface area contributed by atoms with Gasteiger partial charge in [0, 0.05) is 17.1 Å². The normalized spacial score (nSPS) is 14.5. The fourth-order valence-electron chi connectivity index (χ4n) is 9.61. The van der Waals surface area contributed by atoms with Crippen LogP contribution in [0.15, 0.2) is 249 Å². The predicted octanol–water partition coefficient (Wildman–Crippen LogP) is 16.3. The molecule has 0 unspecified atom stereocenters. The van der Waals surface area contributed by atoms with Gasteiger partial charge in [0.05, 0.1) is 16.4 Å². The highest BCUT2D eigenvalue weighted by atomic mass is 15.1. The molecule has 11 aromatic rings. The molecule has 11 aromatic carbocycles. The van der Waals surface area contributed by atoms with Crippen LogP contribution in [0.5, 0.6) is 0 Å². The molecule has 1 aliphatic carbocycles. The van der Waals surface area contributed by atoms with Crippen LogP contribution in [-0.4, -0.2) is 0 Å². The Morgan fingerprint density at radius 2 is 0.935 bits per heavy atom. The first-order valence-electron chi connectivity index (χ1n) is 24.8. The monoisotopic (exact) mass is 795 g/mol. The Balaban J connectivity index is 1.15. The zero-order valence-electron chi connectivity index (χ0n) is 41.5. The third kappa shape index (κ3) is 5.78. The highest BCUT2D eigenvalue weighted by Crippen LogP contribution is 2.57. The van der Waals surface area contributed by atoms with Crippen molar-refractivity contribution in [3.63, 3.8) is 0 Å². The third-order valence-electron chi connectivity index (χ3n) is 12.4. The van der Waals surface area contributed by atoms with E-state index in [0.717, 1.165) is 65.7 Å². The van der Waals surface area contributed by atoms with Crippen LogP contribution < -0.4 is 4.90 Å². The standard InChI is InChI=1S/C61H41N/c1-3-18-50(19-4-1)61(51-20-5-2-6-21-51)59-25-12-11-24-57(59)58-37-35-54(41-60(58)61)62(53-22-13-17-46(40-53)48-28-26-42-14-7-8-16-45(42)38-48)52-33-30-43(31-34-52)47-32-36-56-49(39-47)29-27-44-15-9-10-23-55(44)56/h1-41H/i13D,17D,22D,30D,31D,33D,34D,40D. The average molecular weight is 796 g/mol. The SMILES string of the molecule is [2H]c1c([2H])c(-c2ccc3ccccc3c2)c([2H])c(N(c2ccc3c(c2)C(c2ccccc2)(c2ccccc2)c2ccccc2-3)c2c([2H])c([2H])c(-c3ccc4c(ccc5ccccc54)c3)c([2H])c2[2H])c1[2H]. The maximum Gasteiger partial charge on any atom is 0.0714 e. The number of hydrogen-bond donors (Lipinski definition) is 0. The quantitative estimate of drug-likeness (QED) is 0.145. The Kier molecular flexibility index (Phi) is 6.71. The summed E-state index contributed by atoms with van der Waals surface area (Å²) in [7, 11) is 0. The van der Waals surface area contributed by atoms with E-state index >= 15 is 0 Å². The smallest absolute Gasteiger partial charge is 0.0714 e. The van der Waals surface area contributed by atoms with E-state index in [1.165, 1.54) is 4.90 Å². The second-order valence-electron chi connectivity index (χ2n) is 15.8. The first-order valence-corrected chi connectivity index (χ1v) is 20.8. The molecule has 290 valence electrons. The summed E-state index contributed by atoms with van der Waals surface area (Å²) < 4.78 is 77.7. The van der Waals surface area contributed by atoms with Crippen molar-refractivity contribution in [2.75, 3.05) is 4.90 Å². The van der Waals surface area contributed by atoms with Crippen molar-refractivity contribution in [1.29, 1.82) is 0 Å². The Morgan fingerprint density at radius 1 is 0.339 bits per heavy atom. The topological polar surface area (TPSA) is 3.24 Å². The lowest BCUT2D eigenvalue weighted by Gasteiger charge is -2.35. The molecule has 0 N–H and O–H groups in total. The van der Waals surface area contributed by atoms with Crippen molar-refractivity contribution in [1.82, 2.24) is 0 Å². The Hall–Kier alpha value is -8.00. The van der Waals surface area contributed by atoms with Gasteiger partial charge in [-0.1, -0.05) is 200 Å². The zero-order valence-corrected chi connectivity index (χ0v) is 33.5. The average Bonchev–Trinajstić information content (AvgIpc) is 3.70. The van der Waals surface area contributed by atoms with Gasteiger partial charge in [-0.15, -0.1) is 0 Å². The molecule has 12 rings (SSSR count). The number of benzene rings is 11. The maximum absolute atomic E-state index is 10.1. The summed E-state index contributed by atoms with van der Waals surface area (Å²) in [6.07, 6.45) is 0. The van der Waals surface area contributed by atoms with E-state index in [1.54, 1.807) is 0 Å². The number of nitrogens with zero attached hydrogens (tertiary/aromatic N) is 1. The summed E-state index contributed by atoms with van der Waals surface area (Å²) in [5.41, 5.74) is 6.29. The summed E-state index contributed by atoms with van der Waals surface area (Å²) in [5, 5.41) is 5.85. The molecule has 0 fully saturated rings. The van der Waals surface area contributed by atoms with Gasteiger partial charge in [0.15, 0.2) is 0 Å². The van der Waals surface area contributed by atoms with Crippen molar-refractivity contribution in [2.45, 2.75) is 5.41 Å². The lowest BCUT2D eigenvalue weighted by molar-refractivity contribution is 0.768. The fourth-order valence-corrected chi connectivity index (χ4v) is 9.61. The summed E-state index contributed by atoms with van der Waals surface area (Å²) in [4.78, 5) is 1.47. The molecule has 0 spiro atoms. The minimum Gasteiger partial charge on any atom is -0.310 e. The van der Waals surface area contributed by atoms with Crippen LogP contribution in [0.4, 0.5) is 17.1 Å². The van der Waals surface area contributed by atoms with Crippen LogP contribution in [0.25, 0.3) is 65.7 Å². The van der Waals surface area contributed by atoms with Gasteiger partial charge in [0.2, 0.25) is 0 Å². The van der Waals surface area contributed by atoms with E-state index in [1.807, 2.05) is 152 Å². The van der Waals surface area contributed by atoms with E-state index in [-0.39, 0.29) is 58.8 Å². The summed E-state index contributed by atoms with van der Waals surface area (Å²) >= 11 is 0. The number of rotatable bonds is 7. The lowest BCUT2D eigenvalue weighted by Crippen LogP contribution is -2.28. The van der Waals surface area contributed by atoms with E-state index in [2.05, 4.69) is 48.5 Å². The van der Waals surface area contributed by atoms with Crippen LogP contribution in [0.2, 0.25) is 0 Å². The molecule has 0 radical (unpaired) electrons. The van der Waals surface area contributed by atoms with E-state index in [4.69, 9.17) is 0 Å². The molecule has 0 amide bonds. The Morgan fingerprint density at radius 3 is 1.74 bits per heavy atom. The van der Waals surface area contributed by atoms with Crippen molar-refractivity contribution < 1.29 is 11.0 Å². The van der Waals surface area contributed by atoms with Gasteiger partial charge in [-0.05, 0) is 136 Å². The molecule has 0 saturated heterocycles. The number of anilines is 3. The highest BCUT2D eigenvalue weighted by molar-refractivity contribution is 6.08. The zero-order chi connectivity index (χ0) is 48.0. The minimum atomic E-state index is -0.869. The van der Waals surface area contributed by atoms with Crippen molar-refractivity contribution in [3.05, 3.63) is 271 Å². The molecule has 0 bridgehead atoms. The van der Waals surface area contributed by atoms with Gasteiger partial charge in [0.25, 0.3) is 0 Å². The van der Waals surface area contributed by atoms with E-state index in [9.17, 15) is 11.0 Å². The fraction of sp³-hybridized carbons (Fsp3) is 0.0164.